The number of ether oxygens (including phenoxy) is 2. The molecule has 2 aromatic carbocycles. The molecule has 21 heavy (non-hydrogen) atoms. The molecule has 0 radical (unpaired) electrons. The maximum absolute atomic E-state index is 13.0. The number of esters is 1. The molecule has 0 fully saturated rings. The fraction of sp³-hybridized carbons (Fsp3) is 0.133. The Labute approximate surface area is 120 Å². The largest absolute Gasteiger partial charge is 0.495 e. The van der Waals surface area contributed by atoms with Crippen LogP contribution < -0.4 is 10.5 Å². The molecule has 0 aliphatic heterocycles. The van der Waals surface area contributed by atoms with Gasteiger partial charge >= 0.3 is 5.97 Å². The maximum Gasteiger partial charge on any atom is 0.338 e. The Morgan fingerprint density at radius 1 is 1.14 bits per heavy atom. The third kappa shape index (κ3) is 3.68. The molecule has 0 atom stereocenters. The van der Waals surface area contributed by atoms with Crippen molar-refractivity contribution in [2.75, 3.05) is 12.8 Å². The number of rotatable bonds is 4. The standard InChI is InChI=1S/C15H13F2NO3/c1-20-14-3-2-10(6-13(14)18)15(19)21-8-9-4-11(16)7-12(17)5-9/h2-7H,8,18H2,1H3. The van der Waals surface area contributed by atoms with Gasteiger partial charge in [-0.15, -0.1) is 0 Å². The minimum absolute atomic E-state index is 0.224. The predicted molar refractivity (Wildman–Crippen MR) is 72.9 cm³/mol. The summed E-state index contributed by atoms with van der Waals surface area (Å²) in [7, 11) is 1.46. The second-order valence-electron chi connectivity index (χ2n) is 4.31. The summed E-state index contributed by atoms with van der Waals surface area (Å²) in [6.07, 6.45) is 0. The molecule has 2 rings (SSSR count). The Kier molecular flexibility index (Phi) is 4.37. The van der Waals surface area contributed by atoms with Gasteiger partial charge in [-0.25, -0.2) is 13.6 Å². The monoisotopic (exact) mass is 293 g/mol. The molecule has 0 saturated carbocycles. The minimum Gasteiger partial charge on any atom is -0.495 e. The number of carbonyl (C=O) groups is 1. The molecule has 4 nitrogen and oxygen atoms in total. The number of carbonyl (C=O) groups excluding carboxylic acids is 1. The van der Waals surface area contributed by atoms with Gasteiger partial charge in [0.15, 0.2) is 0 Å². The molecule has 0 aliphatic carbocycles. The summed E-state index contributed by atoms with van der Waals surface area (Å²) in [4.78, 5) is 11.8. The van der Waals surface area contributed by atoms with E-state index in [2.05, 4.69) is 0 Å². The molecule has 0 amide bonds. The minimum atomic E-state index is -0.727. The third-order valence-electron chi connectivity index (χ3n) is 2.76. The van der Waals surface area contributed by atoms with E-state index in [1.54, 1.807) is 0 Å². The summed E-state index contributed by atoms with van der Waals surface area (Å²) in [6.45, 7) is -0.237. The normalized spacial score (nSPS) is 10.2. The van der Waals surface area contributed by atoms with Gasteiger partial charge in [-0.2, -0.15) is 0 Å². The van der Waals surface area contributed by atoms with Gasteiger partial charge in [-0.1, -0.05) is 0 Å². The van der Waals surface area contributed by atoms with Gasteiger partial charge in [0, 0.05) is 6.07 Å². The SMILES string of the molecule is COc1ccc(C(=O)OCc2cc(F)cc(F)c2)cc1N. The van der Waals surface area contributed by atoms with E-state index in [4.69, 9.17) is 15.2 Å². The van der Waals surface area contributed by atoms with Crippen molar-refractivity contribution in [3.05, 3.63) is 59.2 Å². The van der Waals surface area contributed by atoms with E-state index in [9.17, 15) is 13.6 Å². The van der Waals surface area contributed by atoms with Crippen LogP contribution in [0, 0.1) is 11.6 Å². The zero-order chi connectivity index (χ0) is 15.4. The Balaban J connectivity index is 2.06. The molecule has 0 unspecified atom stereocenters. The third-order valence-corrected chi connectivity index (χ3v) is 2.76. The van der Waals surface area contributed by atoms with Crippen molar-refractivity contribution in [3.63, 3.8) is 0 Å². The average Bonchev–Trinajstić information content (AvgIpc) is 2.43. The molecule has 110 valence electrons. The van der Waals surface area contributed by atoms with E-state index in [1.807, 2.05) is 0 Å². The summed E-state index contributed by atoms with van der Waals surface area (Å²) >= 11 is 0. The van der Waals surface area contributed by atoms with Crippen LogP contribution in [0.5, 0.6) is 5.75 Å². The van der Waals surface area contributed by atoms with Crippen molar-refractivity contribution in [1.82, 2.24) is 0 Å². The molecule has 0 saturated heterocycles. The molecule has 2 aromatic rings. The number of hydrogen-bond donors (Lipinski definition) is 1. The lowest BCUT2D eigenvalue weighted by atomic mass is 10.2. The number of methoxy groups -OCH3 is 1. The van der Waals surface area contributed by atoms with Crippen LogP contribution in [-0.2, 0) is 11.3 Å². The van der Waals surface area contributed by atoms with E-state index in [0.717, 1.165) is 18.2 Å². The second kappa shape index (κ2) is 6.21. The molecule has 6 heteroatoms. The number of nitrogens with two attached hydrogens (primary N) is 1. The molecule has 0 aromatic heterocycles. The van der Waals surface area contributed by atoms with Crippen LogP contribution in [-0.4, -0.2) is 13.1 Å². The molecule has 0 aliphatic rings. The molecular weight excluding hydrogens is 280 g/mol. The van der Waals surface area contributed by atoms with Crippen LogP contribution in [0.15, 0.2) is 36.4 Å². The zero-order valence-electron chi connectivity index (χ0n) is 11.2. The van der Waals surface area contributed by atoms with Crippen LogP contribution in [0.3, 0.4) is 0 Å². The maximum atomic E-state index is 13.0. The fourth-order valence-corrected chi connectivity index (χ4v) is 1.79. The van der Waals surface area contributed by atoms with Crippen LogP contribution in [0.25, 0.3) is 0 Å². The summed E-state index contributed by atoms with van der Waals surface area (Å²) in [5, 5.41) is 0. The summed E-state index contributed by atoms with van der Waals surface area (Å²) in [5.41, 5.74) is 6.43. The highest BCUT2D eigenvalue weighted by Gasteiger charge is 2.11. The van der Waals surface area contributed by atoms with Crippen molar-refractivity contribution in [2.45, 2.75) is 6.61 Å². The van der Waals surface area contributed by atoms with Gasteiger partial charge in [0.2, 0.25) is 0 Å². The predicted octanol–water partition coefficient (Wildman–Crippen LogP) is 2.91. The van der Waals surface area contributed by atoms with Gasteiger partial charge in [-0.05, 0) is 35.9 Å². The van der Waals surface area contributed by atoms with Crippen molar-refractivity contribution < 1.29 is 23.0 Å². The summed E-state index contributed by atoms with van der Waals surface area (Å²) in [6, 6.07) is 7.37. The quantitative estimate of drug-likeness (QED) is 0.695. The van der Waals surface area contributed by atoms with E-state index in [0.29, 0.717) is 11.4 Å². The number of halogens is 2. The van der Waals surface area contributed by atoms with Crippen LogP contribution >= 0.6 is 0 Å². The van der Waals surface area contributed by atoms with E-state index in [-0.39, 0.29) is 17.7 Å². The summed E-state index contributed by atoms with van der Waals surface area (Å²) < 4.78 is 36.0. The van der Waals surface area contributed by atoms with Crippen molar-refractivity contribution in [1.29, 1.82) is 0 Å². The topological polar surface area (TPSA) is 61.5 Å². The van der Waals surface area contributed by atoms with Crippen LogP contribution in [0.1, 0.15) is 15.9 Å². The van der Waals surface area contributed by atoms with Crippen molar-refractivity contribution in [3.8, 4) is 5.75 Å². The lowest BCUT2D eigenvalue weighted by Crippen LogP contribution is -2.06. The highest BCUT2D eigenvalue weighted by Crippen LogP contribution is 2.22. The molecule has 0 heterocycles. The first kappa shape index (κ1) is 14.8. The van der Waals surface area contributed by atoms with E-state index >= 15 is 0 Å². The van der Waals surface area contributed by atoms with Gasteiger partial charge in [0.05, 0.1) is 18.4 Å². The molecule has 0 spiro atoms. The first-order valence-electron chi connectivity index (χ1n) is 6.05. The summed E-state index contributed by atoms with van der Waals surface area (Å²) in [5.74, 6) is -1.66. The van der Waals surface area contributed by atoms with Crippen LogP contribution in [0.4, 0.5) is 14.5 Å². The highest BCUT2D eigenvalue weighted by atomic mass is 19.1. The lowest BCUT2D eigenvalue weighted by Gasteiger charge is -2.08. The Morgan fingerprint density at radius 3 is 2.38 bits per heavy atom. The first-order chi connectivity index (χ1) is 9.99. The molecular formula is C15H13F2NO3. The van der Waals surface area contributed by atoms with Crippen LogP contribution in [0.2, 0.25) is 0 Å². The van der Waals surface area contributed by atoms with Gasteiger partial charge in [-0.3, -0.25) is 0 Å². The Hall–Kier alpha value is -2.63. The molecule has 0 bridgehead atoms. The van der Waals surface area contributed by atoms with Gasteiger partial charge < -0.3 is 15.2 Å². The highest BCUT2D eigenvalue weighted by molar-refractivity contribution is 5.91. The van der Waals surface area contributed by atoms with E-state index in [1.165, 1.54) is 25.3 Å². The lowest BCUT2D eigenvalue weighted by molar-refractivity contribution is 0.0472. The number of benzene rings is 2. The zero-order valence-corrected chi connectivity index (χ0v) is 11.2. The second-order valence-corrected chi connectivity index (χ2v) is 4.31. The first-order valence-corrected chi connectivity index (χ1v) is 6.05. The number of hydrogen-bond acceptors (Lipinski definition) is 4. The van der Waals surface area contributed by atoms with Gasteiger partial charge in [0.1, 0.15) is 24.0 Å². The van der Waals surface area contributed by atoms with Crippen molar-refractivity contribution in [2.24, 2.45) is 0 Å². The fourth-order valence-electron chi connectivity index (χ4n) is 1.79. The molecule has 2 N–H and O–H groups in total. The smallest absolute Gasteiger partial charge is 0.338 e. The Bertz CT molecular complexity index is 654. The average molecular weight is 293 g/mol. The number of anilines is 1. The van der Waals surface area contributed by atoms with Gasteiger partial charge in [0.25, 0.3) is 0 Å². The van der Waals surface area contributed by atoms with E-state index < -0.39 is 17.6 Å². The van der Waals surface area contributed by atoms with Crippen molar-refractivity contribution >= 4 is 11.7 Å². The Morgan fingerprint density at radius 2 is 1.81 bits per heavy atom. The number of nitrogen functional groups attached to an aromatic ring is 1.